The highest BCUT2D eigenvalue weighted by atomic mass is 16.2. The van der Waals surface area contributed by atoms with Crippen LogP contribution in [0.2, 0.25) is 0 Å². The fourth-order valence-corrected chi connectivity index (χ4v) is 2.45. The number of hydrogen-bond acceptors (Lipinski definition) is 4. The molecule has 6 nitrogen and oxygen atoms in total. The fourth-order valence-electron chi connectivity index (χ4n) is 2.45. The van der Waals surface area contributed by atoms with Gasteiger partial charge in [0.2, 0.25) is 0 Å². The van der Waals surface area contributed by atoms with Crippen molar-refractivity contribution in [3.8, 4) is 0 Å². The number of carbonyl (C=O) groups excluding carboxylic acids is 1. The van der Waals surface area contributed by atoms with Gasteiger partial charge in [-0.1, -0.05) is 0 Å². The van der Waals surface area contributed by atoms with Crippen LogP contribution in [-0.2, 0) is 13.6 Å². The summed E-state index contributed by atoms with van der Waals surface area (Å²) in [5.74, 6) is -0.0618. The third-order valence-corrected chi connectivity index (χ3v) is 3.84. The molecule has 0 atom stereocenters. The number of aromatic nitrogens is 4. The van der Waals surface area contributed by atoms with Gasteiger partial charge in [0.25, 0.3) is 5.91 Å². The summed E-state index contributed by atoms with van der Waals surface area (Å²) in [6.07, 6.45) is 1.48. The molecule has 0 spiro atoms. The largest absolute Gasteiger partial charge is 0.337 e. The van der Waals surface area contributed by atoms with Crippen LogP contribution >= 0.6 is 0 Å². The van der Waals surface area contributed by atoms with Gasteiger partial charge in [0, 0.05) is 31.9 Å². The molecular formula is C15H21N5O. The minimum Gasteiger partial charge on any atom is -0.337 e. The highest BCUT2D eigenvalue weighted by Gasteiger charge is 2.20. The van der Waals surface area contributed by atoms with Crippen LogP contribution < -0.4 is 0 Å². The lowest BCUT2D eigenvalue weighted by Gasteiger charge is -2.19. The molecule has 0 bridgehead atoms. The monoisotopic (exact) mass is 287 g/mol. The average Bonchev–Trinajstić information content (AvgIpc) is 2.65. The lowest BCUT2D eigenvalue weighted by molar-refractivity contribution is 0.0782. The van der Waals surface area contributed by atoms with E-state index >= 15 is 0 Å². The zero-order chi connectivity index (χ0) is 15.7. The van der Waals surface area contributed by atoms with E-state index in [4.69, 9.17) is 0 Å². The summed E-state index contributed by atoms with van der Waals surface area (Å²) in [6.45, 7) is 8.16. The van der Waals surface area contributed by atoms with Gasteiger partial charge >= 0.3 is 0 Å². The van der Waals surface area contributed by atoms with Crippen molar-refractivity contribution in [3.63, 3.8) is 0 Å². The van der Waals surface area contributed by atoms with Crippen LogP contribution in [0.5, 0.6) is 0 Å². The molecule has 2 rings (SSSR count). The molecule has 21 heavy (non-hydrogen) atoms. The maximum absolute atomic E-state index is 12.6. The molecule has 0 saturated heterocycles. The summed E-state index contributed by atoms with van der Waals surface area (Å²) >= 11 is 0. The Hall–Kier alpha value is -2.24. The summed E-state index contributed by atoms with van der Waals surface area (Å²) in [5.41, 5.74) is 5.11. The first-order chi connectivity index (χ1) is 9.82. The molecule has 0 aliphatic heterocycles. The van der Waals surface area contributed by atoms with Crippen molar-refractivity contribution in [3.05, 3.63) is 40.2 Å². The number of rotatable bonds is 3. The molecule has 0 radical (unpaired) electrons. The van der Waals surface area contributed by atoms with Crippen LogP contribution in [0.25, 0.3) is 0 Å². The molecule has 112 valence electrons. The standard InChI is InChI=1S/C15H21N5O/c1-9-13(12(4)20(6)18-9)7-19(5)15(21)14-10(2)16-8-17-11(14)3/h8H,7H2,1-6H3. The van der Waals surface area contributed by atoms with E-state index in [0.29, 0.717) is 23.5 Å². The fraction of sp³-hybridized carbons (Fsp3) is 0.467. The normalized spacial score (nSPS) is 10.8. The van der Waals surface area contributed by atoms with E-state index in [1.54, 1.807) is 11.9 Å². The van der Waals surface area contributed by atoms with Crippen LogP contribution in [0.15, 0.2) is 6.33 Å². The lowest BCUT2D eigenvalue weighted by atomic mass is 10.1. The molecular weight excluding hydrogens is 266 g/mol. The maximum atomic E-state index is 12.6. The van der Waals surface area contributed by atoms with Gasteiger partial charge in [0.1, 0.15) is 6.33 Å². The highest BCUT2D eigenvalue weighted by Crippen LogP contribution is 2.17. The summed E-state index contributed by atoms with van der Waals surface area (Å²) in [6, 6.07) is 0. The van der Waals surface area contributed by atoms with Gasteiger partial charge in [-0.25, -0.2) is 9.97 Å². The topological polar surface area (TPSA) is 63.9 Å². The van der Waals surface area contributed by atoms with Crippen molar-refractivity contribution >= 4 is 5.91 Å². The maximum Gasteiger partial charge on any atom is 0.257 e. The van der Waals surface area contributed by atoms with Crippen molar-refractivity contribution < 1.29 is 4.79 Å². The summed E-state index contributed by atoms with van der Waals surface area (Å²) in [5, 5.41) is 4.38. The van der Waals surface area contributed by atoms with Gasteiger partial charge < -0.3 is 4.90 Å². The first kappa shape index (κ1) is 15.2. The predicted molar refractivity (Wildman–Crippen MR) is 80.0 cm³/mol. The minimum absolute atomic E-state index is 0.0618. The van der Waals surface area contributed by atoms with Gasteiger partial charge in [-0.3, -0.25) is 9.48 Å². The second-order valence-electron chi connectivity index (χ2n) is 5.35. The molecule has 0 aliphatic rings. The Balaban J connectivity index is 2.28. The Kier molecular flexibility index (Phi) is 4.06. The van der Waals surface area contributed by atoms with Crippen LogP contribution in [-0.4, -0.2) is 37.6 Å². The van der Waals surface area contributed by atoms with E-state index in [0.717, 1.165) is 17.0 Å². The minimum atomic E-state index is -0.0618. The molecule has 2 aromatic rings. The van der Waals surface area contributed by atoms with Crippen LogP contribution in [0.3, 0.4) is 0 Å². The van der Waals surface area contributed by atoms with Crippen molar-refractivity contribution in [2.45, 2.75) is 34.2 Å². The van der Waals surface area contributed by atoms with Crippen molar-refractivity contribution in [2.24, 2.45) is 7.05 Å². The SMILES string of the molecule is Cc1nn(C)c(C)c1CN(C)C(=O)c1c(C)ncnc1C. The first-order valence-electron chi connectivity index (χ1n) is 6.85. The molecule has 0 unspecified atom stereocenters. The van der Waals surface area contributed by atoms with E-state index in [2.05, 4.69) is 15.1 Å². The van der Waals surface area contributed by atoms with Crippen LogP contribution in [0.1, 0.15) is 38.7 Å². The molecule has 0 aliphatic carbocycles. The second-order valence-corrected chi connectivity index (χ2v) is 5.35. The van der Waals surface area contributed by atoms with Crippen molar-refractivity contribution in [1.29, 1.82) is 0 Å². The summed E-state index contributed by atoms with van der Waals surface area (Å²) < 4.78 is 1.84. The highest BCUT2D eigenvalue weighted by molar-refractivity contribution is 5.96. The molecule has 0 aromatic carbocycles. The van der Waals surface area contributed by atoms with Gasteiger partial charge in [-0.05, 0) is 27.7 Å². The van der Waals surface area contributed by atoms with E-state index in [9.17, 15) is 4.79 Å². The van der Waals surface area contributed by atoms with Gasteiger partial charge in [-0.2, -0.15) is 5.10 Å². The molecule has 2 aromatic heterocycles. The van der Waals surface area contributed by atoms with E-state index in [1.165, 1.54) is 6.33 Å². The molecule has 6 heteroatoms. The number of carbonyl (C=O) groups is 1. The third-order valence-electron chi connectivity index (χ3n) is 3.84. The van der Waals surface area contributed by atoms with Crippen molar-refractivity contribution in [2.75, 3.05) is 7.05 Å². The number of nitrogens with zero attached hydrogens (tertiary/aromatic N) is 5. The van der Waals surface area contributed by atoms with E-state index in [1.807, 2.05) is 39.4 Å². The Morgan fingerprint density at radius 3 is 2.19 bits per heavy atom. The Morgan fingerprint density at radius 1 is 1.14 bits per heavy atom. The van der Waals surface area contributed by atoms with E-state index in [-0.39, 0.29) is 5.91 Å². The summed E-state index contributed by atoms with van der Waals surface area (Å²) in [7, 11) is 3.70. The van der Waals surface area contributed by atoms with Crippen LogP contribution in [0.4, 0.5) is 0 Å². The molecule has 1 amide bonds. The Bertz CT molecular complexity index is 669. The van der Waals surface area contributed by atoms with Gasteiger partial charge in [0.05, 0.1) is 22.6 Å². The van der Waals surface area contributed by atoms with Crippen molar-refractivity contribution in [1.82, 2.24) is 24.6 Å². The van der Waals surface area contributed by atoms with Gasteiger partial charge in [-0.15, -0.1) is 0 Å². The summed E-state index contributed by atoms with van der Waals surface area (Å²) in [4.78, 5) is 22.6. The second kappa shape index (κ2) is 5.63. The molecule has 0 fully saturated rings. The average molecular weight is 287 g/mol. The molecule has 2 heterocycles. The van der Waals surface area contributed by atoms with E-state index < -0.39 is 0 Å². The molecule has 0 saturated carbocycles. The quantitative estimate of drug-likeness (QED) is 0.862. The first-order valence-corrected chi connectivity index (χ1v) is 6.85. The third kappa shape index (κ3) is 2.79. The zero-order valence-corrected chi connectivity index (χ0v) is 13.4. The van der Waals surface area contributed by atoms with Crippen LogP contribution in [0, 0.1) is 27.7 Å². The lowest BCUT2D eigenvalue weighted by Crippen LogP contribution is -2.28. The predicted octanol–water partition coefficient (Wildman–Crippen LogP) is 1.72. The zero-order valence-electron chi connectivity index (χ0n) is 13.4. The molecule has 0 N–H and O–H groups in total. The number of aryl methyl sites for hydroxylation is 4. The number of hydrogen-bond donors (Lipinski definition) is 0. The number of amides is 1. The smallest absolute Gasteiger partial charge is 0.257 e. The Morgan fingerprint density at radius 2 is 1.71 bits per heavy atom. The van der Waals surface area contributed by atoms with Gasteiger partial charge in [0.15, 0.2) is 0 Å². The Labute approximate surface area is 124 Å².